The second kappa shape index (κ2) is 6.08. The van der Waals surface area contributed by atoms with E-state index in [1.807, 2.05) is 11.4 Å². The monoisotopic (exact) mass is 334 g/mol. The molecular weight excluding hydrogens is 320 g/mol. The summed E-state index contributed by atoms with van der Waals surface area (Å²) in [6, 6.07) is 13.4. The lowest BCUT2D eigenvalue weighted by atomic mass is 10.2. The Bertz CT molecular complexity index is 883. The van der Waals surface area contributed by atoms with Gasteiger partial charge in [0.25, 0.3) is 0 Å². The molecule has 2 aromatic carbocycles. The Hall–Kier alpha value is -1.89. The predicted octanol–water partition coefficient (Wildman–Crippen LogP) is 3.82. The van der Waals surface area contributed by atoms with E-state index in [2.05, 4.69) is 0 Å². The van der Waals surface area contributed by atoms with E-state index >= 15 is 0 Å². The maximum atomic E-state index is 12.2. The molecule has 3 rings (SSSR count). The molecule has 1 aromatic heterocycles. The van der Waals surface area contributed by atoms with Crippen LogP contribution in [0.2, 0.25) is 0 Å². The molecule has 22 heavy (non-hydrogen) atoms. The zero-order chi connectivity index (χ0) is 15.6. The van der Waals surface area contributed by atoms with Crippen LogP contribution in [0.5, 0.6) is 5.75 Å². The standard InChI is InChI=1S/C16H14O4S2/c1-19-10-12-11-21-16-8-7-13(9-15(12)16)20-22(17,18)14-5-3-2-4-6-14/h2-9,11H,10H2,1H3. The summed E-state index contributed by atoms with van der Waals surface area (Å²) in [6.07, 6.45) is 0. The van der Waals surface area contributed by atoms with Crippen molar-refractivity contribution in [3.8, 4) is 5.75 Å². The van der Waals surface area contributed by atoms with Crippen LogP contribution >= 0.6 is 11.3 Å². The summed E-state index contributed by atoms with van der Waals surface area (Å²) in [5.41, 5.74) is 1.02. The lowest BCUT2D eigenvalue weighted by Crippen LogP contribution is -2.09. The second-order valence-electron chi connectivity index (χ2n) is 4.70. The molecule has 0 spiro atoms. The van der Waals surface area contributed by atoms with Crippen LogP contribution in [0.25, 0.3) is 10.1 Å². The molecule has 0 saturated heterocycles. The molecule has 0 radical (unpaired) electrons. The number of methoxy groups -OCH3 is 1. The molecule has 0 aliphatic carbocycles. The summed E-state index contributed by atoms with van der Waals surface area (Å²) < 4.78 is 35.9. The lowest BCUT2D eigenvalue weighted by Gasteiger charge is -2.07. The van der Waals surface area contributed by atoms with Crippen molar-refractivity contribution in [3.05, 3.63) is 59.5 Å². The maximum Gasteiger partial charge on any atom is 0.339 e. The molecule has 0 N–H and O–H groups in total. The molecule has 0 amide bonds. The fourth-order valence-electron chi connectivity index (χ4n) is 2.14. The van der Waals surface area contributed by atoms with Crippen LogP contribution in [0.15, 0.2) is 58.8 Å². The highest BCUT2D eigenvalue weighted by atomic mass is 32.2. The summed E-state index contributed by atoms with van der Waals surface area (Å²) in [5.74, 6) is 0.298. The van der Waals surface area contributed by atoms with Gasteiger partial charge in [-0.25, -0.2) is 0 Å². The molecule has 0 atom stereocenters. The normalized spacial score (nSPS) is 11.7. The van der Waals surface area contributed by atoms with E-state index in [4.69, 9.17) is 8.92 Å². The van der Waals surface area contributed by atoms with E-state index in [0.717, 1.165) is 15.6 Å². The van der Waals surface area contributed by atoms with Gasteiger partial charge >= 0.3 is 10.1 Å². The van der Waals surface area contributed by atoms with Crippen LogP contribution < -0.4 is 4.18 Å². The van der Waals surface area contributed by atoms with Gasteiger partial charge in [0, 0.05) is 17.2 Å². The van der Waals surface area contributed by atoms with Gasteiger partial charge in [-0.3, -0.25) is 0 Å². The number of benzene rings is 2. The fourth-order valence-corrected chi connectivity index (χ4v) is 4.01. The topological polar surface area (TPSA) is 52.6 Å². The third kappa shape index (κ3) is 2.99. The maximum absolute atomic E-state index is 12.2. The van der Waals surface area contributed by atoms with Crippen molar-refractivity contribution in [2.75, 3.05) is 7.11 Å². The van der Waals surface area contributed by atoms with Crippen LogP contribution in [0.3, 0.4) is 0 Å². The molecule has 0 aliphatic rings. The largest absolute Gasteiger partial charge is 0.380 e. The van der Waals surface area contributed by atoms with E-state index in [-0.39, 0.29) is 4.90 Å². The summed E-state index contributed by atoms with van der Waals surface area (Å²) in [7, 11) is -2.19. The first-order valence-corrected chi connectivity index (χ1v) is 8.87. The molecule has 114 valence electrons. The van der Waals surface area contributed by atoms with Crippen LogP contribution in [-0.2, 0) is 21.5 Å². The Morgan fingerprint density at radius 2 is 1.86 bits per heavy atom. The van der Waals surface area contributed by atoms with E-state index in [9.17, 15) is 8.42 Å². The van der Waals surface area contributed by atoms with Crippen molar-refractivity contribution >= 4 is 31.5 Å². The van der Waals surface area contributed by atoms with Gasteiger partial charge in [0.05, 0.1) is 6.61 Å². The molecule has 0 fully saturated rings. The minimum absolute atomic E-state index is 0.137. The average Bonchev–Trinajstić information content (AvgIpc) is 2.91. The molecule has 0 aliphatic heterocycles. The second-order valence-corrected chi connectivity index (χ2v) is 7.16. The van der Waals surface area contributed by atoms with E-state index in [1.165, 1.54) is 12.1 Å². The van der Waals surface area contributed by atoms with Gasteiger partial charge in [0.2, 0.25) is 0 Å². The van der Waals surface area contributed by atoms with Crippen molar-refractivity contribution < 1.29 is 17.3 Å². The molecule has 1 heterocycles. The number of fused-ring (bicyclic) bond motifs is 1. The first kappa shape index (κ1) is 15.0. The third-order valence-electron chi connectivity index (χ3n) is 3.16. The van der Waals surface area contributed by atoms with Gasteiger partial charge in [-0.15, -0.1) is 11.3 Å². The quantitative estimate of drug-likeness (QED) is 0.666. The summed E-state index contributed by atoms with van der Waals surface area (Å²) in [6.45, 7) is 0.481. The SMILES string of the molecule is COCc1csc2ccc(OS(=O)(=O)c3ccccc3)cc12. The van der Waals surface area contributed by atoms with Crippen LogP contribution in [0.4, 0.5) is 0 Å². The van der Waals surface area contributed by atoms with Crippen molar-refractivity contribution in [2.24, 2.45) is 0 Å². The van der Waals surface area contributed by atoms with Crippen LogP contribution in [0, 0.1) is 0 Å². The van der Waals surface area contributed by atoms with E-state index in [1.54, 1.807) is 48.8 Å². The number of hydrogen-bond acceptors (Lipinski definition) is 5. The molecule has 3 aromatic rings. The van der Waals surface area contributed by atoms with Gasteiger partial charge in [0.15, 0.2) is 0 Å². The zero-order valence-electron chi connectivity index (χ0n) is 11.9. The first-order chi connectivity index (χ1) is 10.6. The smallest absolute Gasteiger partial charge is 0.339 e. The van der Waals surface area contributed by atoms with Gasteiger partial charge in [-0.1, -0.05) is 18.2 Å². The predicted molar refractivity (Wildman–Crippen MR) is 86.8 cm³/mol. The molecule has 4 nitrogen and oxygen atoms in total. The number of ether oxygens (including phenoxy) is 1. The van der Waals surface area contributed by atoms with Gasteiger partial charge in [-0.2, -0.15) is 8.42 Å². The van der Waals surface area contributed by atoms with Gasteiger partial charge < -0.3 is 8.92 Å². The first-order valence-electron chi connectivity index (χ1n) is 6.59. The molecular formula is C16H14O4S2. The Balaban J connectivity index is 1.95. The molecule has 0 unspecified atom stereocenters. The van der Waals surface area contributed by atoms with Crippen molar-refractivity contribution in [1.82, 2.24) is 0 Å². The number of hydrogen-bond donors (Lipinski definition) is 0. The molecule has 6 heteroatoms. The minimum Gasteiger partial charge on any atom is -0.380 e. The summed E-state index contributed by atoms with van der Waals surface area (Å²) in [4.78, 5) is 0.137. The lowest BCUT2D eigenvalue weighted by molar-refractivity contribution is 0.186. The average molecular weight is 334 g/mol. The van der Waals surface area contributed by atoms with E-state index in [0.29, 0.717) is 12.4 Å². The van der Waals surface area contributed by atoms with Gasteiger partial charge in [0.1, 0.15) is 10.6 Å². The highest BCUT2D eigenvalue weighted by Gasteiger charge is 2.16. The van der Waals surface area contributed by atoms with Crippen molar-refractivity contribution in [2.45, 2.75) is 11.5 Å². The Labute approximate surface area is 133 Å². The summed E-state index contributed by atoms with van der Waals surface area (Å²) >= 11 is 1.59. The Kier molecular flexibility index (Phi) is 4.15. The summed E-state index contributed by atoms with van der Waals surface area (Å²) in [5, 5.41) is 2.96. The fraction of sp³-hybridized carbons (Fsp3) is 0.125. The minimum atomic E-state index is -3.82. The van der Waals surface area contributed by atoms with Gasteiger partial charge in [-0.05, 0) is 41.3 Å². The van der Waals surface area contributed by atoms with Crippen LogP contribution in [0.1, 0.15) is 5.56 Å². The number of thiophene rings is 1. The third-order valence-corrected chi connectivity index (χ3v) is 5.44. The number of rotatable bonds is 5. The Morgan fingerprint density at radius 3 is 2.59 bits per heavy atom. The Morgan fingerprint density at radius 1 is 1.09 bits per heavy atom. The molecule has 0 bridgehead atoms. The van der Waals surface area contributed by atoms with Crippen molar-refractivity contribution in [1.29, 1.82) is 0 Å². The van der Waals surface area contributed by atoms with E-state index < -0.39 is 10.1 Å². The molecule has 0 saturated carbocycles. The van der Waals surface area contributed by atoms with Crippen LogP contribution in [-0.4, -0.2) is 15.5 Å². The highest BCUT2D eigenvalue weighted by Crippen LogP contribution is 2.31. The zero-order valence-corrected chi connectivity index (χ0v) is 13.5. The highest BCUT2D eigenvalue weighted by molar-refractivity contribution is 7.87. The van der Waals surface area contributed by atoms with Crippen molar-refractivity contribution in [3.63, 3.8) is 0 Å².